The Morgan fingerprint density at radius 3 is 2.86 bits per heavy atom. The normalized spacial score (nSPS) is 20.0. The minimum absolute atomic E-state index is 0.00208. The summed E-state index contributed by atoms with van der Waals surface area (Å²) in [5.41, 5.74) is 2.82. The van der Waals surface area contributed by atoms with E-state index < -0.39 is 6.23 Å². The van der Waals surface area contributed by atoms with Crippen LogP contribution in [0.5, 0.6) is 0 Å². The van der Waals surface area contributed by atoms with Crippen LogP contribution >= 0.6 is 23.4 Å². The molecule has 2 atom stereocenters. The molecular formula is C22H25ClN2O2S. The Bertz CT molecular complexity index is 871. The Labute approximate surface area is 175 Å². The van der Waals surface area contributed by atoms with Crippen LogP contribution < -0.4 is 5.32 Å². The molecule has 2 aromatic rings. The van der Waals surface area contributed by atoms with E-state index in [0.29, 0.717) is 23.9 Å². The number of para-hydroxylation sites is 1. The van der Waals surface area contributed by atoms with Crippen molar-refractivity contribution in [1.29, 1.82) is 0 Å². The fourth-order valence-electron chi connectivity index (χ4n) is 4.00. The lowest BCUT2D eigenvalue weighted by Gasteiger charge is -2.30. The Morgan fingerprint density at radius 2 is 2.11 bits per heavy atom. The smallest absolute Gasteiger partial charge is 0.225 e. The molecule has 1 saturated carbocycles. The fourth-order valence-corrected chi connectivity index (χ4v) is 4.96. The number of carbonyl (C=O) groups excluding carboxylic acids is 1. The highest BCUT2D eigenvalue weighted by Gasteiger charge is 2.42. The van der Waals surface area contributed by atoms with Gasteiger partial charge in [-0.25, -0.2) is 0 Å². The number of thioether (sulfide) groups is 1. The van der Waals surface area contributed by atoms with Gasteiger partial charge in [0.2, 0.25) is 5.91 Å². The summed E-state index contributed by atoms with van der Waals surface area (Å²) in [7, 11) is 0. The number of hydrogen-bond donors (Lipinski definition) is 2. The molecule has 148 valence electrons. The third kappa shape index (κ3) is 4.23. The lowest BCUT2D eigenvalue weighted by atomic mass is 10.1. The molecule has 2 unspecified atom stereocenters. The van der Waals surface area contributed by atoms with E-state index in [4.69, 9.17) is 11.6 Å². The van der Waals surface area contributed by atoms with Gasteiger partial charge in [0.05, 0.1) is 5.69 Å². The second-order valence-corrected chi connectivity index (χ2v) is 9.22. The first-order chi connectivity index (χ1) is 13.6. The van der Waals surface area contributed by atoms with Crippen LogP contribution in [-0.2, 0) is 11.3 Å². The van der Waals surface area contributed by atoms with Gasteiger partial charge >= 0.3 is 0 Å². The second kappa shape index (κ2) is 8.46. The molecule has 0 radical (unpaired) electrons. The van der Waals surface area contributed by atoms with Crippen molar-refractivity contribution in [3.63, 3.8) is 0 Å². The van der Waals surface area contributed by atoms with E-state index in [-0.39, 0.29) is 11.9 Å². The Kier molecular flexibility index (Phi) is 5.97. The molecule has 1 amide bonds. The predicted octanol–water partition coefficient (Wildman–Crippen LogP) is 5.07. The highest BCUT2D eigenvalue weighted by molar-refractivity contribution is 7.99. The molecule has 0 aromatic heterocycles. The number of nitrogens with zero attached hydrogens (tertiary/aromatic N) is 1. The molecule has 4 rings (SSSR count). The monoisotopic (exact) mass is 416 g/mol. The summed E-state index contributed by atoms with van der Waals surface area (Å²) < 4.78 is 0. The van der Waals surface area contributed by atoms with Crippen molar-refractivity contribution in [2.75, 3.05) is 11.1 Å². The molecule has 1 fully saturated rings. The molecule has 1 heterocycles. The van der Waals surface area contributed by atoms with E-state index in [9.17, 15) is 9.90 Å². The van der Waals surface area contributed by atoms with Crippen LogP contribution in [-0.4, -0.2) is 27.7 Å². The first-order valence-corrected chi connectivity index (χ1v) is 11.2. The largest absolute Gasteiger partial charge is 0.374 e. The van der Waals surface area contributed by atoms with Crippen LogP contribution in [0.1, 0.15) is 43.5 Å². The number of carbonyl (C=O) groups is 1. The van der Waals surface area contributed by atoms with E-state index >= 15 is 0 Å². The summed E-state index contributed by atoms with van der Waals surface area (Å²) in [6.07, 6.45) is 1.93. The van der Waals surface area contributed by atoms with Crippen LogP contribution in [0.15, 0.2) is 47.4 Å². The molecule has 0 spiro atoms. The summed E-state index contributed by atoms with van der Waals surface area (Å²) in [6.45, 7) is 2.73. The molecule has 28 heavy (non-hydrogen) atoms. The third-order valence-electron chi connectivity index (χ3n) is 5.50. The van der Waals surface area contributed by atoms with Crippen molar-refractivity contribution < 1.29 is 9.90 Å². The first kappa shape index (κ1) is 19.8. The summed E-state index contributed by atoms with van der Waals surface area (Å²) in [6, 6.07) is 13.6. The number of aliphatic hydroxyl groups is 1. The zero-order valence-electron chi connectivity index (χ0n) is 15.9. The average molecular weight is 417 g/mol. The maximum absolute atomic E-state index is 12.9. The van der Waals surface area contributed by atoms with Crippen molar-refractivity contribution in [2.24, 2.45) is 5.92 Å². The van der Waals surface area contributed by atoms with Gasteiger partial charge in [0.25, 0.3) is 0 Å². The Hall–Kier alpha value is -1.53. The third-order valence-corrected chi connectivity index (χ3v) is 6.69. The number of hydrogen-bond acceptors (Lipinski definition) is 4. The van der Waals surface area contributed by atoms with Crippen molar-refractivity contribution in [2.45, 2.75) is 49.9 Å². The van der Waals surface area contributed by atoms with Crippen LogP contribution in [0.4, 0.5) is 5.69 Å². The first-order valence-electron chi connectivity index (χ1n) is 9.80. The van der Waals surface area contributed by atoms with Gasteiger partial charge in [-0.05, 0) is 59.9 Å². The van der Waals surface area contributed by atoms with Gasteiger partial charge in [0.15, 0.2) is 0 Å². The standard InChI is InChI=1S/C22H25ClN2O2S/c1-2-28-20-6-4-3-5-18(20)24-21(26)12-19(14-7-8-14)25-13-15-11-16(23)9-10-17(15)22(25)27/h3-6,9-11,14,19,22,27H,2,7-8,12-13H2,1H3,(H,24,26). The van der Waals surface area contributed by atoms with Gasteiger partial charge < -0.3 is 10.4 Å². The number of anilines is 1. The average Bonchev–Trinajstić information content (AvgIpc) is 3.46. The topological polar surface area (TPSA) is 52.6 Å². The maximum Gasteiger partial charge on any atom is 0.225 e. The van der Waals surface area contributed by atoms with Crippen molar-refractivity contribution in [1.82, 2.24) is 4.90 Å². The molecular weight excluding hydrogens is 392 g/mol. The highest BCUT2D eigenvalue weighted by Crippen LogP contribution is 2.44. The molecule has 2 aromatic carbocycles. The number of fused-ring (bicyclic) bond motifs is 1. The fraction of sp³-hybridized carbons (Fsp3) is 0.409. The van der Waals surface area contributed by atoms with Crippen molar-refractivity contribution in [3.05, 3.63) is 58.6 Å². The van der Waals surface area contributed by atoms with Gasteiger partial charge in [-0.3, -0.25) is 9.69 Å². The van der Waals surface area contributed by atoms with Gasteiger partial charge in [0, 0.05) is 28.9 Å². The second-order valence-electron chi connectivity index (χ2n) is 7.48. The number of aliphatic hydroxyl groups excluding tert-OH is 1. The molecule has 2 aliphatic rings. The lowest BCUT2D eigenvalue weighted by molar-refractivity contribution is -0.119. The number of nitrogens with one attached hydrogen (secondary N) is 1. The van der Waals surface area contributed by atoms with E-state index in [1.54, 1.807) is 11.8 Å². The number of halogens is 1. The zero-order chi connectivity index (χ0) is 19.7. The number of rotatable bonds is 7. The SMILES string of the molecule is CCSc1ccccc1NC(=O)CC(C1CC1)N1Cc2cc(Cl)ccc2C1O. The van der Waals surface area contributed by atoms with Crippen LogP contribution in [0.25, 0.3) is 0 Å². The molecule has 1 aliphatic carbocycles. The van der Waals surface area contributed by atoms with E-state index in [1.807, 2.05) is 42.5 Å². The van der Waals surface area contributed by atoms with E-state index in [0.717, 1.165) is 40.3 Å². The summed E-state index contributed by atoms with van der Waals surface area (Å²) >= 11 is 7.84. The molecule has 0 bridgehead atoms. The highest BCUT2D eigenvalue weighted by atomic mass is 35.5. The van der Waals surface area contributed by atoms with Gasteiger partial charge in [0.1, 0.15) is 6.23 Å². The number of amides is 1. The summed E-state index contributed by atoms with van der Waals surface area (Å²) in [4.78, 5) is 16.0. The Morgan fingerprint density at radius 1 is 1.32 bits per heavy atom. The van der Waals surface area contributed by atoms with Crippen molar-refractivity contribution >= 4 is 35.0 Å². The predicted molar refractivity (Wildman–Crippen MR) is 115 cm³/mol. The maximum atomic E-state index is 12.9. The van der Waals surface area contributed by atoms with E-state index in [2.05, 4.69) is 17.1 Å². The van der Waals surface area contributed by atoms with Crippen LogP contribution in [0.2, 0.25) is 5.02 Å². The molecule has 2 N–H and O–H groups in total. The van der Waals surface area contributed by atoms with Crippen LogP contribution in [0.3, 0.4) is 0 Å². The summed E-state index contributed by atoms with van der Waals surface area (Å²) in [5.74, 6) is 1.42. The molecule has 6 heteroatoms. The Balaban J connectivity index is 1.47. The molecule has 0 saturated heterocycles. The minimum Gasteiger partial charge on any atom is -0.374 e. The minimum atomic E-state index is -0.673. The zero-order valence-corrected chi connectivity index (χ0v) is 17.5. The molecule has 1 aliphatic heterocycles. The van der Waals surface area contributed by atoms with Gasteiger partial charge in [-0.1, -0.05) is 36.7 Å². The van der Waals surface area contributed by atoms with Crippen LogP contribution in [0, 0.1) is 5.92 Å². The quantitative estimate of drug-likeness (QED) is 0.619. The summed E-state index contributed by atoms with van der Waals surface area (Å²) in [5, 5.41) is 14.6. The number of benzene rings is 2. The van der Waals surface area contributed by atoms with Gasteiger partial charge in [-0.2, -0.15) is 0 Å². The van der Waals surface area contributed by atoms with Crippen molar-refractivity contribution in [3.8, 4) is 0 Å². The van der Waals surface area contributed by atoms with E-state index in [1.165, 1.54) is 0 Å². The van der Waals surface area contributed by atoms with Gasteiger partial charge in [-0.15, -0.1) is 11.8 Å². The lowest BCUT2D eigenvalue weighted by Crippen LogP contribution is -2.38. The molecule has 4 nitrogen and oxygen atoms in total.